The molecule has 8 heteroatoms. The van der Waals surface area contributed by atoms with Crippen molar-refractivity contribution in [3.8, 4) is 0 Å². The maximum atomic E-state index is 11.3. The van der Waals surface area contributed by atoms with Gasteiger partial charge in [0.15, 0.2) is 5.96 Å². The molecule has 0 heterocycles. The van der Waals surface area contributed by atoms with E-state index in [1.54, 1.807) is 14.0 Å². The molecule has 3 N–H and O–H groups in total. The van der Waals surface area contributed by atoms with Gasteiger partial charge in [0.05, 0.1) is 5.75 Å². The molecule has 0 rings (SSSR count). The fourth-order valence-corrected chi connectivity index (χ4v) is 2.77. The maximum absolute atomic E-state index is 11.3. The SMILES string of the molecule is CCN(CC)CCCC(C)NC(=NC)NCCNS(=O)(=O)CC. The van der Waals surface area contributed by atoms with E-state index in [1.165, 1.54) is 0 Å². The molecule has 0 fully saturated rings. The number of sulfonamides is 1. The minimum atomic E-state index is -3.13. The predicted molar refractivity (Wildman–Crippen MR) is 98.4 cm³/mol. The van der Waals surface area contributed by atoms with Gasteiger partial charge in [0.1, 0.15) is 0 Å². The van der Waals surface area contributed by atoms with Gasteiger partial charge in [0.25, 0.3) is 0 Å². The highest BCUT2D eigenvalue weighted by molar-refractivity contribution is 7.89. The number of rotatable bonds is 12. The summed E-state index contributed by atoms with van der Waals surface area (Å²) in [5, 5.41) is 6.45. The second kappa shape index (κ2) is 12.5. The molecule has 0 bridgehead atoms. The van der Waals surface area contributed by atoms with Crippen LogP contribution in [0.25, 0.3) is 0 Å². The Hall–Kier alpha value is -0.860. The lowest BCUT2D eigenvalue weighted by molar-refractivity contribution is 0.292. The second-order valence-electron chi connectivity index (χ2n) is 5.51. The van der Waals surface area contributed by atoms with E-state index < -0.39 is 10.0 Å². The minimum absolute atomic E-state index is 0.101. The molecule has 0 amide bonds. The van der Waals surface area contributed by atoms with Crippen LogP contribution in [-0.4, -0.2) is 70.8 Å². The summed E-state index contributed by atoms with van der Waals surface area (Å²) in [6.07, 6.45) is 2.21. The summed E-state index contributed by atoms with van der Waals surface area (Å²) in [5.74, 6) is 0.805. The van der Waals surface area contributed by atoms with Gasteiger partial charge in [-0.15, -0.1) is 0 Å². The van der Waals surface area contributed by atoms with Gasteiger partial charge in [-0.1, -0.05) is 13.8 Å². The van der Waals surface area contributed by atoms with Gasteiger partial charge in [0.2, 0.25) is 10.0 Å². The fourth-order valence-electron chi connectivity index (χ4n) is 2.15. The Morgan fingerprint density at radius 2 is 1.83 bits per heavy atom. The second-order valence-corrected chi connectivity index (χ2v) is 7.61. The van der Waals surface area contributed by atoms with Crippen LogP contribution in [0.1, 0.15) is 40.5 Å². The van der Waals surface area contributed by atoms with Crippen molar-refractivity contribution in [2.45, 2.75) is 46.6 Å². The molecule has 1 atom stereocenters. The van der Waals surface area contributed by atoms with E-state index in [1.807, 2.05) is 0 Å². The van der Waals surface area contributed by atoms with Crippen molar-refractivity contribution in [3.05, 3.63) is 0 Å². The maximum Gasteiger partial charge on any atom is 0.211 e. The Labute approximate surface area is 142 Å². The van der Waals surface area contributed by atoms with Crippen molar-refractivity contribution < 1.29 is 8.42 Å². The molecule has 1 unspecified atom stereocenters. The summed E-state index contributed by atoms with van der Waals surface area (Å²) in [6, 6.07) is 0.323. The van der Waals surface area contributed by atoms with Gasteiger partial charge in [0, 0.05) is 26.2 Å². The number of guanidine groups is 1. The highest BCUT2D eigenvalue weighted by atomic mass is 32.2. The molecule has 0 aliphatic rings. The quantitative estimate of drug-likeness (QED) is 0.273. The Morgan fingerprint density at radius 3 is 2.35 bits per heavy atom. The largest absolute Gasteiger partial charge is 0.355 e. The summed E-state index contributed by atoms with van der Waals surface area (Å²) < 4.78 is 25.2. The van der Waals surface area contributed by atoms with Crippen LogP contribution in [0.15, 0.2) is 4.99 Å². The van der Waals surface area contributed by atoms with Gasteiger partial charge in [-0.3, -0.25) is 4.99 Å². The molecular weight excluding hydrogens is 314 g/mol. The first-order chi connectivity index (χ1) is 10.9. The lowest BCUT2D eigenvalue weighted by Crippen LogP contribution is -2.45. The van der Waals surface area contributed by atoms with E-state index >= 15 is 0 Å². The molecule has 23 heavy (non-hydrogen) atoms. The van der Waals surface area contributed by atoms with Crippen LogP contribution in [0.2, 0.25) is 0 Å². The summed E-state index contributed by atoms with van der Waals surface area (Å²) in [5.41, 5.74) is 0. The Bertz CT molecular complexity index is 422. The first-order valence-corrected chi connectivity index (χ1v) is 10.2. The van der Waals surface area contributed by atoms with E-state index in [0.29, 0.717) is 25.1 Å². The van der Waals surface area contributed by atoms with Crippen molar-refractivity contribution in [1.29, 1.82) is 0 Å². The van der Waals surface area contributed by atoms with Gasteiger partial charge in [-0.05, 0) is 46.3 Å². The molecule has 0 aromatic rings. The van der Waals surface area contributed by atoms with E-state index in [0.717, 1.165) is 32.5 Å². The first-order valence-electron chi connectivity index (χ1n) is 8.55. The predicted octanol–water partition coefficient (Wildman–Crippen LogP) is 0.601. The third kappa shape index (κ3) is 11.3. The van der Waals surface area contributed by atoms with E-state index in [2.05, 4.69) is 46.0 Å². The first kappa shape index (κ1) is 22.1. The molecule has 7 nitrogen and oxygen atoms in total. The number of aliphatic imine (C=N–C) groups is 1. The van der Waals surface area contributed by atoms with Crippen molar-refractivity contribution in [1.82, 2.24) is 20.3 Å². The van der Waals surface area contributed by atoms with Crippen LogP contribution in [0, 0.1) is 0 Å². The number of nitrogens with zero attached hydrogens (tertiary/aromatic N) is 2. The monoisotopic (exact) mass is 349 g/mol. The molecule has 0 radical (unpaired) electrons. The van der Waals surface area contributed by atoms with Crippen molar-refractivity contribution in [2.75, 3.05) is 45.5 Å². The minimum Gasteiger partial charge on any atom is -0.355 e. The number of hydrogen-bond acceptors (Lipinski definition) is 4. The van der Waals surface area contributed by atoms with Crippen molar-refractivity contribution in [2.24, 2.45) is 4.99 Å². The fraction of sp³-hybridized carbons (Fsp3) is 0.933. The van der Waals surface area contributed by atoms with E-state index in [9.17, 15) is 8.42 Å². The Balaban J connectivity index is 3.96. The van der Waals surface area contributed by atoms with Gasteiger partial charge < -0.3 is 15.5 Å². The summed E-state index contributed by atoms with van der Waals surface area (Å²) in [7, 11) is -1.41. The van der Waals surface area contributed by atoms with Crippen LogP contribution >= 0.6 is 0 Å². The highest BCUT2D eigenvalue weighted by Gasteiger charge is 2.08. The third-order valence-electron chi connectivity index (χ3n) is 3.73. The van der Waals surface area contributed by atoms with E-state index in [4.69, 9.17) is 0 Å². The highest BCUT2D eigenvalue weighted by Crippen LogP contribution is 1.99. The topological polar surface area (TPSA) is 85.8 Å². The van der Waals surface area contributed by atoms with Gasteiger partial charge >= 0.3 is 0 Å². The zero-order chi connectivity index (χ0) is 17.7. The molecule has 0 aliphatic carbocycles. The normalized spacial score (nSPS) is 14.1. The summed E-state index contributed by atoms with van der Waals surface area (Å²) in [4.78, 5) is 6.58. The van der Waals surface area contributed by atoms with Crippen LogP contribution in [0.5, 0.6) is 0 Å². The van der Waals surface area contributed by atoms with Crippen molar-refractivity contribution in [3.63, 3.8) is 0 Å². The molecule has 0 saturated carbocycles. The average Bonchev–Trinajstić information content (AvgIpc) is 2.54. The number of nitrogens with one attached hydrogen (secondary N) is 3. The number of hydrogen-bond donors (Lipinski definition) is 3. The molecule has 0 aromatic carbocycles. The molecule has 0 aliphatic heterocycles. The molecule has 138 valence electrons. The van der Waals surface area contributed by atoms with Crippen molar-refractivity contribution >= 4 is 16.0 Å². The molecule has 0 aromatic heterocycles. The zero-order valence-corrected chi connectivity index (χ0v) is 16.2. The standard InChI is InChI=1S/C15H35N5O2S/c1-6-20(7-2)13-9-10-14(4)19-15(16-5)17-11-12-18-23(21,22)8-3/h14,18H,6-13H2,1-5H3,(H2,16,17,19). The Morgan fingerprint density at radius 1 is 1.17 bits per heavy atom. The summed E-state index contributed by atoms with van der Waals surface area (Å²) >= 11 is 0. The lowest BCUT2D eigenvalue weighted by atomic mass is 10.2. The van der Waals surface area contributed by atoms with Gasteiger partial charge in [-0.2, -0.15) is 0 Å². The Kier molecular flexibility index (Phi) is 12.1. The molecule has 0 saturated heterocycles. The molecular formula is C15H35N5O2S. The third-order valence-corrected chi connectivity index (χ3v) is 5.14. The average molecular weight is 350 g/mol. The van der Waals surface area contributed by atoms with Gasteiger partial charge in [-0.25, -0.2) is 13.1 Å². The van der Waals surface area contributed by atoms with E-state index in [-0.39, 0.29) is 5.75 Å². The smallest absolute Gasteiger partial charge is 0.211 e. The summed E-state index contributed by atoms with van der Waals surface area (Å²) in [6.45, 7) is 12.3. The molecule has 0 spiro atoms. The zero-order valence-electron chi connectivity index (χ0n) is 15.4. The van der Waals surface area contributed by atoms with Crippen LogP contribution in [0.4, 0.5) is 0 Å². The van der Waals surface area contributed by atoms with Crippen LogP contribution in [-0.2, 0) is 10.0 Å². The lowest BCUT2D eigenvalue weighted by Gasteiger charge is -2.21. The van der Waals surface area contributed by atoms with Crippen LogP contribution < -0.4 is 15.4 Å². The van der Waals surface area contributed by atoms with Crippen LogP contribution in [0.3, 0.4) is 0 Å².